The van der Waals surface area contributed by atoms with Crippen LogP contribution in [0.4, 0.5) is 0 Å². The summed E-state index contributed by atoms with van der Waals surface area (Å²) in [5, 5.41) is 0. The summed E-state index contributed by atoms with van der Waals surface area (Å²) in [6.07, 6.45) is 2.71. The van der Waals surface area contributed by atoms with Gasteiger partial charge < -0.3 is 4.74 Å². The van der Waals surface area contributed by atoms with Gasteiger partial charge in [0.1, 0.15) is 10.6 Å². The molecule has 2 aliphatic carbocycles. The predicted molar refractivity (Wildman–Crippen MR) is 85.2 cm³/mol. The minimum atomic E-state index is -4.24. The van der Waals surface area contributed by atoms with Crippen LogP contribution < -0.4 is 4.74 Å². The number of fused-ring (bicyclic) bond motifs is 1. The van der Waals surface area contributed by atoms with Crippen LogP contribution in [-0.4, -0.2) is 49.6 Å². The van der Waals surface area contributed by atoms with Gasteiger partial charge in [-0.2, -0.15) is 8.42 Å². The van der Waals surface area contributed by atoms with Crippen molar-refractivity contribution in [1.29, 1.82) is 0 Å². The van der Waals surface area contributed by atoms with Crippen LogP contribution >= 0.6 is 0 Å². The third-order valence-corrected chi connectivity index (χ3v) is 4.22. The van der Waals surface area contributed by atoms with Crippen LogP contribution in [0.3, 0.4) is 0 Å². The van der Waals surface area contributed by atoms with Crippen LogP contribution in [-0.2, 0) is 16.5 Å². The second kappa shape index (κ2) is 7.61. The molecule has 0 fully saturated rings. The molecule has 0 atom stereocenters. The van der Waals surface area contributed by atoms with Gasteiger partial charge in [0.25, 0.3) is 10.1 Å². The van der Waals surface area contributed by atoms with E-state index in [0.29, 0.717) is 11.3 Å². The molecule has 0 aromatic rings. The summed E-state index contributed by atoms with van der Waals surface area (Å²) in [5.74, 6) is 0.617. The summed E-state index contributed by atoms with van der Waals surface area (Å²) >= 11 is 0. The first kappa shape index (κ1) is 18.5. The summed E-state index contributed by atoms with van der Waals surface area (Å²) < 4.78 is 37.9. The first-order valence-electron chi connectivity index (χ1n) is 6.55. The van der Waals surface area contributed by atoms with Gasteiger partial charge in [-0.25, -0.2) is 0 Å². The number of unbranched alkanes of at least 4 members (excludes halogenated alkanes) is 1. The van der Waals surface area contributed by atoms with E-state index in [1.807, 2.05) is 0 Å². The topological polar surface area (TPSA) is 63.6 Å². The average Bonchev–Trinajstić information content (AvgIpc) is 2.62. The molecule has 0 aromatic carbocycles. The van der Waals surface area contributed by atoms with Gasteiger partial charge in [-0.15, -0.1) is 0 Å². The molecule has 0 aliphatic heterocycles. The van der Waals surface area contributed by atoms with Gasteiger partial charge in [0, 0.05) is 11.1 Å². The predicted octanol–water partition coefficient (Wildman–Crippen LogP) is 2.74. The van der Waals surface area contributed by atoms with Crippen molar-refractivity contribution in [2.75, 3.05) is 7.11 Å². The summed E-state index contributed by atoms with van der Waals surface area (Å²) in [5.41, 5.74) is 2.15. The molecule has 4 nitrogen and oxygen atoms in total. The minimum absolute atomic E-state index is 0. The van der Waals surface area contributed by atoms with Gasteiger partial charge in [0.2, 0.25) is 0 Å². The van der Waals surface area contributed by atoms with E-state index in [1.165, 1.54) is 0 Å². The fourth-order valence-electron chi connectivity index (χ4n) is 2.39. The number of ether oxygens (including phenoxy) is 1. The van der Waals surface area contributed by atoms with Gasteiger partial charge >= 0.3 is 29.6 Å². The van der Waals surface area contributed by atoms with Crippen molar-refractivity contribution in [2.24, 2.45) is 0 Å². The maximum atomic E-state index is 11.6. The molecule has 0 bridgehead atoms. The summed E-state index contributed by atoms with van der Waals surface area (Å²) in [6, 6.07) is 8.57. The van der Waals surface area contributed by atoms with Gasteiger partial charge in [-0.1, -0.05) is 31.5 Å². The molecule has 0 heterocycles. The molecule has 0 unspecified atom stereocenters. The van der Waals surface area contributed by atoms with E-state index < -0.39 is 10.1 Å². The summed E-state index contributed by atoms with van der Waals surface area (Å²) in [6.45, 7) is 2.08. The van der Waals surface area contributed by atoms with Crippen LogP contribution in [0, 0.1) is 0 Å². The number of aryl methyl sites for hydroxylation is 1. The average molecular weight is 318 g/mol. The number of methoxy groups -OCH3 is 1. The molecule has 0 saturated carbocycles. The van der Waals surface area contributed by atoms with Crippen molar-refractivity contribution >= 4 is 39.7 Å². The molecule has 0 saturated heterocycles. The molecule has 0 amide bonds. The SMILES string of the molecule is CCCCc1cc(S(=O)(=O)O)c2ccccc(OC)c1-2.[NaH]. The Labute approximate surface area is 147 Å². The fraction of sp³-hybridized carbons (Fsp3) is 0.333. The zero-order valence-corrected chi connectivity index (χ0v) is 12.4. The second-order valence-electron chi connectivity index (χ2n) is 4.69. The van der Waals surface area contributed by atoms with Crippen LogP contribution in [0.25, 0.3) is 11.1 Å². The molecule has 1 N–H and O–H groups in total. The third kappa shape index (κ3) is 3.99. The molecule has 0 radical (unpaired) electrons. The Hall–Kier alpha value is -0.590. The molecule has 110 valence electrons. The van der Waals surface area contributed by atoms with Gasteiger partial charge in [0.15, 0.2) is 0 Å². The van der Waals surface area contributed by atoms with Gasteiger partial charge in [-0.05, 0) is 30.5 Å². The molecular weight excluding hydrogens is 299 g/mol. The van der Waals surface area contributed by atoms with E-state index in [2.05, 4.69) is 6.92 Å². The summed E-state index contributed by atoms with van der Waals surface area (Å²) in [7, 11) is -2.69. The molecule has 2 rings (SSSR count). The first-order valence-corrected chi connectivity index (χ1v) is 7.99. The number of hydrogen-bond acceptors (Lipinski definition) is 3. The quantitative estimate of drug-likeness (QED) is 0.680. The second-order valence-corrected chi connectivity index (χ2v) is 6.08. The van der Waals surface area contributed by atoms with E-state index >= 15 is 0 Å². The van der Waals surface area contributed by atoms with Crippen molar-refractivity contribution in [1.82, 2.24) is 0 Å². The molecule has 2 aliphatic rings. The Kier molecular flexibility index (Phi) is 6.69. The Bertz CT molecular complexity index is 682. The number of rotatable bonds is 5. The first-order chi connectivity index (χ1) is 9.49. The van der Waals surface area contributed by atoms with Crippen molar-refractivity contribution in [3.05, 3.63) is 35.9 Å². The van der Waals surface area contributed by atoms with E-state index in [9.17, 15) is 13.0 Å². The monoisotopic (exact) mass is 318 g/mol. The Morgan fingerprint density at radius 3 is 2.48 bits per heavy atom. The third-order valence-electron chi connectivity index (χ3n) is 3.33. The van der Waals surface area contributed by atoms with Crippen molar-refractivity contribution in [3.8, 4) is 16.9 Å². The van der Waals surface area contributed by atoms with E-state index in [0.717, 1.165) is 30.4 Å². The zero-order chi connectivity index (χ0) is 14.8. The molecule has 21 heavy (non-hydrogen) atoms. The molecule has 6 heteroatoms. The van der Waals surface area contributed by atoms with Crippen molar-refractivity contribution in [3.63, 3.8) is 0 Å². The Morgan fingerprint density at radius 1 is 1.24 bits per heavy atom. The molecule has 0 spiro atoms. The van der Waals surface area contributed by atoms with Crippen LogP contribution in [0.2, 0.25) is 0 Å². The molecular formula is C15H19NaO4S. The van der Waals surface area contributed by atoms with Crippen molar-refractivity contribution < 1.29 is 17.7 Å². The Balaban J connectivity index is 0.00000220. The van der Waals surface area contributed by atoms with Crippen LogP contribution in [0.5, 0.6) is 5.75 Å². The fourth-order valence-corrected chi connectivity index (χ4v) is 3.13. The van der Waals surface area contributed by atoms with Crippen LogP contribution in [0.15, 0.2) is 35.2 Å². The summed E-state index contributed by atoms with van der Waals surface area (Å²) in [4.78, 5) is -0.0481. The zero-order valence-electron chi connectivity index (χ0n) is 11.6. The standard InChI is InChI=1S/C15H18O4S.Na.H/c1-3-4-7-11-10-14(20(16,17)18)12-8-5-6-9-13(19-2)15(11)12;;/h5-6,8-10H,3-4,7H2,1-2H3,(H,16,17,18);;. The van der Waals surface area contributed by atoms with E-state index in [4.69, 9.17) is 4.74 Å². The van der Waals surface area contributed by atoms with E-state index in [-0.39, 0.29) is 34.5 Å². The normalized spacial score (nSPS) is 11.2. The van der Waals surface area contributed by atoms with Crippen LogP contribution in [0.1, 0.15) is 25.3 Å². The number of hydrogen-bond donors (Lipinski definition) is 1. The van der Waals surface area contributed by atoms with Crippen molar-refractivity contribution in [2.45, 2.75) is 31.1 Å². The van der Waals surface area contributed by atoms with Gasteiger partial charge in [0.05, 0.1) is 7.11 Å². The Morgan fingerprint density at radius 2 is 1.90 bits per heavy atom. The van der Waals surface area contributed by atoms with E-state index in [1.54, 1.807) is 37.4 Å². The van der Waals surface area contributed by atoms with Gasteiger partial charge in [-0.3, -0.25) is 4.55 Å². The molecule has 0 aromatic heterocycles. The maximum absolute atomic E-state index is 11.6.